The van der Waals surface area contributed by atoms with Crippen LogP contribution in [0.25, 0.3) is 27.9 Å². The molecule has 1 fully saturated rings. The number of piperidine rings is 1. The number of imidazole rings is 1. The number of pyridine rings is 1. The summed E-state index contributed by atoms with van der Waals surface area (Å²) in [6.07, 6.45) is 0.627. The Bertz CT molecular complexity index is 1330. The summed E-state index contributed by atoms with van der Waals surface area (Å²) in [6, 6.07) is 5.10. The molecule has 0 spiro atoms. The molecule has 1 N–H and O–H groups in total. The zero-order valence-corrected chi connectivity index (χ0v) is 20.0. The molecule has 2 atom stereocenters. The first-order valence-electron chi connectivity index (χ1n) is 11.9. The third-order valence-electron chi connectivity index (χ3n) is 6.36. The Kier molecular flexibility index (Phi) is 6.35. The zero-order valence-electron chi connectivity index (χ0n) is 20.0. The van der Waals surface area contributed by atoms with Gasteiger partial charge in [-0.25, -0.2) is 32.6 Å². The molecule has 0 radical (unpaired) electrons. The Morgan fingerprint density at radius 1 is 1.14 bits per heavy atom. The van der Waals surface area contributed by atoms with Gasteiger partial charge in [-0.3, -0.25) is 0 Å². The number of aryl methyl sites for hydroxylation is 1. The summed E-state index contributed by atoms with van der Waals surface area (Å²) < 4.78 is 44.0. The van der Waals surface area contributed by atoms with Crippen LogP contribution in [0.5, 0.6) is 0 Å². The van der Waals surface area contributed by atoms with Crippen molar-refractivity contribution in [3.8, 4) is 11.3 Å². The fourth-order valence-corrected chi connectivity index (χ4v) is 4.78. The van der Waals surface area contributed by atoms with Gasteiger partial charge in [-0.05, 0) is 37.5 Å². The van der Waals surface area contributed by atoms with Crippen LogP contribution < -0.4 is 5.32 Å². The molecule has 5 rings (SSSR count). The normalized spacial score (nSPS) is 19.4. The second-order valence-corrected chi connectivity index (χ2v) is 9.55. The predicted octanol–water partition coefficient (Wildman–Crippen LogP) is 4.19. The average Bonchev–Trinajstić information content (AvgIpc) is 3.35. The van der Waals surface area contributed by atoms with Crippen molar-refractivity contribution in [2.75, 3.05) is 25.0 Å². The van der Waals surface area contributed by atoms with Gasteiger partial charge in [-0.15, -0.1) is 5.10 Å². The van der Waals surface area contributed by atoms with E-state index in [0.717, 1.165) is 18.7 Å². The lowest BCUT2D eigenvalue weighted by molar-refractivity contribution is 0.116. The molecule has 0 aliphatic carbocycles. The highest BCUT2D eigenvalue weighted by Crippen LogP contribution is 2.27. The van der Waals surface area contributed by atoms with Crippen LogP contribution in [-0.2, 0) is 6.54 Å². The summed E-state index contributed by atoms with van der Waals surface area (Å²) in [7, 11) is 0. The number of alkyl halides is 3. The van der Waals surface area contributed by atoms with Crippen molar-refractivity contribution in [3.05, 3.63) is 36.4 Å². The summed E-state index contributed by atoms with van der Waals surface area (Å²) in [5.74, 6) is 1.36. The fourth-order valence-electron chi connectivity index (χ4n) is 4.78. The van der Waals surface area contributed by atoms with Crippen LogP contribution in [0.15, 0.2) is 30.6 Å². The highest BCUT2D eigenvalue weighted by Gasteiger charge is 2.30. The molecule has 0 bridgehead atoms. The highest BCUT2D eigenvalue weighted by molar-refractivity contribution is 5.82. The third-order valence-corrected chi connectivity index (χ3v) is 6.36. The van der Waals surface area contributed by atoms with Crippen molar-refractivity contribution in [2.24, 2.45) is 5.92 Å². The number of hydrogen-bond acceptors (Lipinski definition) is 6. The number of fused-ring (bicyclic) bond motifs is 2. The summed E-state index contributed by atoms with van der Waals surface area (Å²) in [6.45, 7) is 7.64. The minimum absolute atomic E-state index is 0.340. The number of hydrogen-bond donors (Lipinski definition) is 1. The van der Waals surface area contributed by atoms with Gasteiger partial charge in [0.2, 0.25) is 5.95 Å². The van der Waals surface area contributed by atoms with Gasteiger partial charge in [0.25, 0.3) is 6.43 Å². The smallest absolute Gasteiger partial charge is 0.256 e. The van der Waals surface area contributed by atoms with E-state index in [0.29, 0.717) is 53.0 Å². The highest BCUT2D eigenvalue weighted by atomic mass is 19.3. The maximum atomic E-state index is 14.8. The Hall–Kier alpha value is -3.21. The molecule has 11 heteroatoms. The van der Waals surface area contributed by atoms with Gasteiger partial charge in [-0.2, -0.15) is 0 Å². The Balaban J connectivity index is 1.37. The third kappa shape index (κ3) is 4.82. The van der Waals surface area contributed by atoms with E-state index in [1.165, 1.54) is 4.57 Å². The molecule has 5 heterocycles. The predicted molar refractivity (Wildman–Crippen MR) is 128 cm³/mol. The van der Waals surface area contributed by atoms with Crippen LogP contribution in [0.1, 0.15) is 26.1 Å². The van der Waals surface area contributed by atoms with Crippen LogP contribution >= 0.6 is 0 Å². The van der Waals surface area contributed by atoms with Crippen molar-refractivity contribution >= 4 is 22.6 Å². The average molecular weight is 487 g/mol. The number of likely N-dealkylation sites (tertiary alicyclic amines) is 1. The van der Waals surface area contributed by atoms with Crippen molar-refractivity contribution < 1.29 is 13.2 Å². The number of aromatic nitrogens is 6. The van der Waals surface area contributed by atoms with Gasteiger partial charge in [0, 0.05) is 31.4 Å². The van der Waals surface area contributed by atoms with E-state index in [-0.39, 0.29) is 6.04 Å². The molecule has 4 aromatic rings. The molecular weight excluding hydrogens is 457 g/mol. The molecule has 0 amide bonds. The Labute approximate surface area is 201 Å². The molecule has 1 aliphatic rings. The maximum Gasteiger partial charge on any atom is 0.256 e. The first-order valence-corrected chi connectivity index (χ1v) is 11.9. The second-order valence-electron chi connectivity index (χ2n) is 9.55. The van der Waals surface area contributed by atoms with E-state index in [1.54, 1.807) is 29.9 Å². The standard InChI is InChI=1S/C24H29F3N8/c1-14(2)11-33-8-7-19(17(25)12-33)31-24-28-10-21-16(6-9-35(21)32-24)18-4-5-20-23(30-18)34(13-22(26)27)15(3)29-20/h4-6,9-10,14,17,19,22H,7-8,11-13H2,1-3H3,(H,31,32). The minimum atomic E-state index is -2.50. The van der Waals surface area contributed by atoms with Crippen LogP contribution in [0, 0.1) is 12.8 Å². The van der Waals surface area contributed by atoms with E-state index in [4.69, 9.17) is 0 Å². The van der Waals surface area contributed by atoms with Crippen LogP contribution in [0.3, 0.4) is 0 Å². The lowest BCUT2D eigenvalue weighted by Crippen LogP contribution is -2.48. The largest absolute Gasteiger partial charge is 0.347 e. The van der Waals surface area contributed by atoms with Crippen molar-refractivity contribution in [3.63, 3.8) is 0 Å². The van der Waals surface area contributed by atoms with E-state index in [2.05, 4.69) is 44.1 Å². The van der Waals surface area contributed by atoms with Crippen molar-refractivity contribution in [1.82, 2.24) is 34.0 Å². The second kappa shape index (κ2) is 9.44. The van der Waals surface area contributed by atoms with E-state index in [1.807, 2.05) is 12.1 Å². The van der Waals surface area contributed by atoms with Crippen LogP contribution in [0.4, 0.5) is 19.1 Å². The van der Waals surface area contributed by atoms with E-state index >= 15 is 0 Å². The molecule has 1 saturated heterocycles. The Morgan fingerprint density at radius 3 is 2.71 bits per heavy atom. The van der Waals surface area contributed by atoms with Crippen LogP contribution in [-0.4, -0.2) is 72.3 Å². The van der Waals surface area contributed by atoms with Crippen molar-refractivity contribution in [1.29, 1.82) is 0 Å². The van der Waals surface area contributed by atoms with Gasteiger partial charge in [0.05, 0.1) is 30.0 Å². The first kappa shape index (κ1) is 23.5. The topological polar surface area (TPSA) is 76.2 Å². The Morgan fingerprint density at radius 2 is 1.97 bits per heavy atom. The number of nitrogens with zero attached hydrogens (tertiary/aromatic N) is 7. The lowest BCUT2D eigenvalue weighted by atomic mass is 10.0. The summed E-state index contributed by atoms with van der Waals surface area (Å²) in [5.41, 5.74) is 3.07. The molecule has 4 aromatic heterocycles. The van der Waals surface area contributed by atoms with Gasteiger partial charge in [0.15, 0.2) is 5.65 Å². The number of halogens is 3. The molecule has 186 valence electrons. The molecule has 1 aliphatic heterocycles. The maximum absolute atomic E-state index is 14.8. The van der Waals surface area contributed by atoms with E-state index < -0.39 is 19.1 Å². The monoisotopic (exact) mass is 486 g/mol. The quantitative estimate of drug-likeness (QED) is 0.422. The molecular formula is C24H29F3N8. The number of anilines is 1. The SMILES string of the molecule is Cc1nc2ccc(-c3ccn4nc(NC5CCN(CC(C)C)CC5F)ncc34)nc2n1CC(F)F. The zero-order chi connectivity index (χ0) is 24.7. The van der Waals surface area contributed by atoms with E-state index in [9.17, 15) is 13.2 Å². The molecule has 8 nitrogen and oxygen atoms in total. The number of nitrogens with one attached hydrogen (secondary N) is 1. The van der Waals surface area contributed by atoms with Gasteiger partial charge in [0.1, 0.15) is 17.5 Å². The summed E-state index contributed by atoms with van der Waals surface area (Å²) >= 11 is 0. The molecule has 2 unspecified atom stereocenters. The number of rotatable bonds is 7. The fraction of sp³-hybridized carbons (Fsp3) is 0.500. The minimum Gasteiger partial charge on any atom is -0.347 e. The van der Waals surface area contributed by atoms with Gasteiger partial charge < -0.3 is 14.8 Å². The van der Waals surface area contributed by atoms with Gasteiger partial charge >= 0.3 is 0 Å². The van der Waals surface area contributed by atoms with Crippen LogP contribution in [0.2, 0.25) is 0 Å². The summed E-state index contributed by atoms with van der Waals surface area (Å²) in [4.78, 5) is 15.5. The molecule has 0 aromatic carbocycles. The first-order chi connectivity index (χ1) is 16.8. The molecule has 0 saturated carbocycles. The molecule has 35 heavy (non-hydrogen) atoms. The van der Waals surface area contributed by atoms with Gasteiger partial charge in [-0.1, -0.05) is 13.8 Å². The summed E-state index contributed by atoms with van der Waals surface area (Å²) in [5, 5.41) is 7.67. The lowest BCUT2D eigenvalue weighted by Gasteiger charge is -2.35. The van der Waals surface area contributed by atoms with Crippen molar-refractivity contribution in [2.45, 2.75) is 52.4 Å².